The lowest BCUT2D eigenvalue weighted by Crippen LogP contribution is -2.35. The van der Waals surface area contributed by atoms with E-state index in [4.69, 9.17) is 11.6 Å². The zero-order valence-electron chi connectivity index (χ0n) is 14.6. The van der Waals surface area contributed by atoms with Gasteiger partial charge in [-0.05, 0) is 86.5 Å². The minimum Gasteiger partial charge on any atom is -0.339 e. The van der Waals surface area contributed by atoms with Gasteiger partial charge in [0, 0.05) is 34.3 Å². The number of rotatable bonds is 4. The molecule has 25 heavy (non-hydrogen) atoms. The maximum atomic E-state index is 12.6. The summed E-state index contributed by atoms with van der Waals surface area (Å²) in [5, 5.41) is 0.788. The van der Waals surface area contributed by atoms with E-state index in [1.54, 1.807) is 11.9 Å². The molecule has 1 aliphatic rings. The van der Waals surface area contributed by atoms with Gasteiger partial charge in [-0.2, -0.15) is 0 Å². The van der Waals surface area contributed by atoms with E-state index in [1.807, 2.05) is 49.1 Å². The first-order valence-electron chi connectivity index (χ1n) is 8.63. The lowest BCUT2D eigenvalue weighted by molar-refractivity contribution is 0.0724. The standard InChI is InChI=1S/C20H23ClN2OS/c1-14-12-19(15(2)11-18(14)21)25-22-17-8-6-7-16(13-17)20(24)23-9-4-3-5-10-23/h6-8,11-13,22H,3-5,9-10H2,1-2H3. The van der Waals surface area contributed by atoms with Crippen molar-refractivity contribution in [3.63, 3.8) is 0 Å². The summed E-state index contributed by atoms with van der Waals surface area (Å²) in [7, 11) is 0. The Bertz CT molecular complexity index is 772. The maximum Gasteiger partial charge on any atom is 0.253 e. The molecule has 0 unspecified atom stereocenters. The molecule has 0 aromatic heterocycles. The molecule has 0 bridgehead atoms. The summed E-state index contributed by atoms with van der Waals surface area (Å²) in [6, 6.07) is 11.8. The number of hydrogen-bond acceptors (Lipinski definition) is 3. The van der Waals surface area contributed by atoms with Crippen molar-refractivity contribution in [3.05, 3.63) is 58.1 Å². The minimum absolute atomic E-state index is 0.131. The number of anilines is 1. The Kier molecular flexibility index (Phi) is 5.92. The lowest BCUT2D eigenvalue weighted by atomic mass is 10.1. The van der Waals surface area contributed by atoms with Crippen LogP contribution in [0.5, 0.6) is 0 Å². The van der Waals surface area contributed by atoms with Crippen molar-refractivity contribution in [1.29, 1.82) is 0 Å². The zero-order valence-corrected chi connectivity index (χ0v) is 16.2. The SMILES string of the molecule is Cc1cc(SNc2cccc(C(=O)N3CCCCC3)c2)c(C)cc1Cl. The van der Waals surface area contributed by atoms with Gasteiger partial charge >= 0.3 is 0 Å². The summed E-state index contributed by atoms with van der Waals surface area (Å²) in [4.78, 5) is 15.7. The van der Waals surface area contributed by atoms with E-state index in [0.717, 1.165) is 58.2 Å². The Morgan fingerprint density at radius 2 is 1.84 bits per heavy atom. The average Bonchev–Trinajstić information content (AvgIpc) is 2.64. The van der Waals surface area contributed by atoms with E-state index >= 15 is 0 Å². The van der Waals surface area contributed by atoms with Gasteiger partial charge in [-0.25, -0.2) is 0 Å². The van der Waals surface area contributed by atoms with E-state index < -0.39 is 0 Å². The molecule has 5 heteroatoms. The molecule has 0 saturated carbocycles. The Morgan fingerprint density at radius 3 is 2.60 bits per heavy atom. The third-order valence-corrected chi connectivity index (χ3v) is 5.89. The molecule has 0 atom stereocenters. The van der Waals surface area contributed by atoms with Crippen molar-refractivity contribution in [2.45, 2.75) is 38.0 Å². The normalized spacial score (nSPS) is 14.4. The monoisotopic (exact) mass is 374 g/mol. The quantitative estimate of drug-likeness (QED) is 0.696. The summed E-state index contributed by atoms with van der Waals surface area (Å²) < 4.78 is 3.35. The molecule has 0 aliphatic carbocycles. The molecule has 2 aromatic rings. The first-order valence-corrected chi connectivity index (χ1v) is 9.83. The topological polar surface area (TPSA) is 32.3 Å². The fourth-order valence-corrected chi connectivity index (χ4v) is 4.00. The van der Waals surface area contributed by atoms with E-state index in [0.29, 0.717) is 0 Å². The number of nitrogens with one attached hydrogen (secondary N) is 1. The van der Waals surface area contributed by atoms with Crippen LogP contribution < -0.4 is 4.72 Å². The van der Waals surface area contributed by atoms with Gasteiger partial charge in [0.05, 0.1) is 0 Å². The van der Waals surface area contributed by atoms with E-state index in [9.17, 15) is 4.79 Å². The van der Waals surface area contributed by atoms with Crippen LogP contribution in [0.25, 0.3) is 0 Å². The molecule has 1 amide bonds. The third kappa shape index (κ3) is 4.50. The van der Waals surface area contributed by atoms with E-state index in [1.165, 1.54) is 6.42 Å². The molecule has 3 rings (SSSR count). The highest BCUT2D eigenvalue weighted by atomic mass is 35.5. The number of hydrogen-bond donors (Lipinski definition) is 1. The first-order chi connectivity index (χ1) is 12.0. The zero-order chi connectivity index (χ0) is 17.8. The van der Waals surface area contributed by atoms with Gasteiger partial charge < -0.3 is 9.62 Å². The van der Waals surface area contributed by atoms with E-state index in [2.05, 4.69) is 10.8 Å². The van der Waals surface area contributed by atoms with Gasteiger partial charge in [-0.15, -0.1) is 0 Å². The number of amides is 1. The van der Waals surface area contributed by atoms with Crippen LogP contribution in [0.2, 0.25) is 5.02 Å². The second kappa shape index (κ2) is 8.15. The van der Waals surface area contributed by atoms with Crippen LogP contribution in [0.4, 0.5) is 5.69 Å². The summed E-state index contributed by atoms with van der Waals surface area (Å²) in [6.45, 7) is 5.79. The molecule has 1 saturated heterocycles. The lowest BCUT2D eigenvalue weighted by Gasteiger charge is -2.26. The highest BCUT2D eigenvalue weighted by Gasteiger charge is 2.18. The molecule has 2 aromatic carbocycles. The molecular weight excluding hydrogens is 352 g/mol. The Morgan fingerprint density at radius 1 is 1.08 bits per heavy atom. The maximum absolute atomic E-state index is 12.6. The van der Waals surface area contributed by atoms with Crippen LogP contribution in [0, 0.1) is 13.8 Å². The summed E-state index contributed by atoms with van der Waals surface area (Å²) in [6.07, 6.45) is 3.44. The number of benzene rings is 2. The predicted octanol–water partition coefficient (Wildman–Crippen LogP) is 5.70. The molecule has 1 N–H and O–H groups in total. The molecule has 3 nitrogen and oxygen atoms in total. The number of nitrogens with zero attached hydrogens (tertiary/aromatic N) is 1. The molecule has 0 radical (unpaired) electrons. The van der Waals surface area contributed by atoms with Crippen LogP contribution in [0.15, 0.2) is 41.3 Å². The molecular formula is C20H23ClN2OS. The molecule has 0 spiro atoms. The van der Waals surface area contributed by atoms with Crippen LogP contribution in [-0.4, -0.2) is 23.9 Å². The van der Waals surface area contributed by atoms with Crippen molar-refractivity contribution < 1.29 is 4.79 Å². The predicted molar refractivity (Wildman–Crippen MR) is 107 cm³/mol. The minimum atomic E-state index is 0.131. The van der Waals surface area contributed by atoms with Crippen LogP contribution in [0.3, 0.4) is 0 Å². The van der Waals surface area contributed by atoms with Crippen LogP contribution >= 0.6 is 23.5 Å². The number of carbonyl (C=O) groups is 1. The van der Waals surface area contributed by atoms with Crippen LogP contribution in [-0.2, 0) is 0 Å². The second-order valence-corrected chi connectivity index (χ2v) is 7.76. The molecule has 132 valence electrons. The van der Waals surface area contributed by atoms with Crippen molar-refractivity contribution in [2.75, 3.05) is 17.8 Å². The molecule has 1 fully saturated rings. The Labute approximate surface area is 158 Å². The number of likely N-dealkylation sites (tertiary alicyclic amines) is 1. The van der Waals surface area contributed by atoms with Gasteiger partial charge in [0.15, 0.2) is 0 Å². The smallest absolute Gasteiger partial charge is 0.253 e. The Balaban J connectivity index is 1.69. The van der Waals surface area contributed by atoms with Gasteiger partial charge in [-0.3, -0.25) is 4.79 Å². The highest BCUT2D eigenvalue weighted by molar-refractivity contribution is 8.00. The average molecular weight is 375 g/mol. The Hall–Kier alpha value is -1.65. The van der Waals surface area contributed by atoms with Crippen molar-refractivity contribution >= 4 is 35.1 Å². The van der Waals surface area contributed by atoms with Gasteiger partial charge in [0.2, 0.25) is 0 Å². The highest BCUT2D eigenvalue weighted by Crippen LogP contribution is 2.29. The fraction of sp³-hybridized carbons (Fsp3) is 0.350. The molecule has 1 aliphatic heterocycles. The first kappa shape index (κ1) is 18.2. The van der Waals surface area contributed by atoms with Crippen molar-refractivity contribution in [2.24, 2.45) is 0 Å². The number of aryl methyl sites for hydroxylation is 2. The number of carbonyl (C=O) groups excluding carboxylic acids is 1. The van der Waals surface area contributed by atoms with Crippen LogP contribution in [0.1, 0.15) is 40.7 Å². The van der Waals surface area contributed by atoms with Gasteiger partial charge in [-0.1, -0.05) is 17.7 Å². The van der Waals surface area contributed by atoms with E-state index in [-0.39, 0.29) is 5.91 Å². The number of piperidine rings is 1. The van der Waals surface area contributed by atoms with Crippen molar-refractivity contribution in [3.8, 4) is 0 Å². The number of halogens is 1. The van der Waals surface area contributed by atoms with Gasteiger partial charge in [0.1, 0.15) is 0 Å². The largest absolute Gasteiger partial charge is 0.339 e. The third-order valence-electron chi connectivity index (χ3n) is 4.49. The summed E-state index contributed by atoms with van der Waals surface area (Å²) in [5.74, 6) is 0.131. The fourth-order valence-electron chi connectivity index (χ4n) is 2.97. The van der Waals surface area contributed by atoms with Gasteiger partial charge in [0.25, 0.3) is 5.91 Å². The van der Waals surface area contributed by atoms with Crippen molar-refractivity contribution in [1.82, 2.24) is 4.90 Å². The summed E-state index contributed by atoms with van der Waals surface area (Å²) >= 11 is 7.71. The second-order valence-electron chi connectivity index (χ2n) is 6.50. The summed E-state index contributed by atoms with van der Waals surface area (Å²) in [5.41, 5.74) is 3.87. The molecule has 1 heterocycles.